The number of aromatic nitrogens is 2. The molecule has 1 unspecified atom stereocenters. The Balaban J connectivity index is 1.24. The van der Waals surface area contributed by atoms with E-state index in [1.165, 1.54) is 49.6 Å². The Labute approximate surface area is 137 Å². The van der Waals surface area contributed by atoms with Crippen LogP contribution in [0.15, 0.2) is 12.3 Å². The number of hydrogen-bond acceptors (Lipinski definition) is 3. The topological polar surface area (TPSA) is 21.1 Å². The monoisotopic (exact) mass is 317 g/mol. The first-order valence-corrected chi connectivity index (χ1v) is 10.2. The molecule has 4 heteroatoms. The van der Waals surface area contributed by atoms with E-state index in [1.807, 2.05) is 6.20 Å². The van der Waals surface area contributed by atoms with Gasteiger partial charge in [0, 0.05) is 53.4 Å². The summed E-state index contributed by atoms with van der Waals surface area (Å²) in [5, 5.41) is 4.54. The number of fused-ring (bicyclic) bond motifs is 1. The molecule has 4 fully saturated rings. The van der Waals surface area contributed by atoms with Crippen LogP contribution >= 0.6 is 11.8 Å². The summed E-state index contributed by atoms with van der Waals surface area (Å²) in [7, 11) is 0. The molecule has 4 aliphatic rings. The number of rotatable bonds is 3. The van der Waals surface area contributed by atoms with E-state index in [1.54, 1.807) is 0 Å². The van der Waals surface area contributed by atoms with Gasteiger partial charge in [-0.3, -0.25) is 9.58 Å². The normalized spacial score (nSPS) is 39.4. The van der Waals surface area contributed by atoms with Crippen molar-refractivity contribution in [2.45, 2.75) is 51.1 Å². The second-order valence-corrected chi connectivity index (χ2v) is 9.47. The van der Waals surface area contributed by atoms with Crippen molar-refractivity contribution in [3.05, 3.63) is 18.0 Å². The highest BCUT2D eigenvalue weighted by Crippen LogP contribution is 2.64. The van der Waals surface area contributed by atoms with Gasteiger partial charge in [-0.05, 0) is 57.6 Å². The molecule has 1 aromatic heterocycles. The lowest BCUT2D eigenvalue weighted by atomic mass is 9.91. The highest BCUT2D eigenvalue weighted by atomic mass is 32.2. The molecule has 1 aromatic rings. The fourth-order valence-electron chi connectivity index (χ4n) is 5.48. The molecule has 5 rings (SSSR count). The van der Waals surface area contributed by atoms with Gasteiger partial charge in [-0.2, -0.15) is 16.9 Å². The van der Waals surface area contributed by atoms with Crippen molar-refractivity contribution in [2.75, 3.05) is 24.6 Å². The Kier molecular flexibility index (Phi) is 3.01. The van der Waals surface area contributed by atoms with Crippen LogP contribution in [0.2, 0.25) is 0 Å². The molecule has 2 aliphatic heterocycles. The van der Waals surface area contributed by atoms with Crippen molar-refractivity contribution >= 4 is 11.8 Å². The Morgan fingerprint density at radius 1 is 1.27 bits per heavy atom. The minimum Gasteiger partial charge on any atom is -0.300 e. The average molecular weight is 318 g/mol. The van der Waals surface area contributed by atoms with E-state index >= 15 is 0 Å². The third kappa shape index (κ3) is 1.96. The first kappa shape index (κ1) is 13.9. The molecular weight excluding hydrogens is 290 g/mol. The number of likely N-dealkylation sites (tertiary alicyclic amines) is 1. The first-order valence-electron chi connectivity index (χ1n) is 9.02. The van der Waals surface area contributed by atoms with Gasteiger partial charge in [-0.1, -0.05) is 0 Å². The molecule has 2 saturated heterocycles. The second kappa shape index (κ2) is 4.76. The molecule has 1 spiro atoms. The zero-order valence-electron chi connectivity index (χ0n) is 13.7. The molecular formula is C18H27N3S. The summed E-state index contributed by atoms with van der Waals surface area (Å²) in [6, 6.07) is 3.66. The highest BCUT2D eigenvalue weighted by molar-refractivity contribution is 8.00. The van der Waals surface area contributed by atoms with Gasteiger partial charge < -0.3 is 0 Å². The number of thioether (sulfide) groups is 1. The van der Waals surface area contributed by atoms with Crippen molar-refractivity contribution in [1.82, 2.24) is 14.7 Å². The lowest BCUT2D eigenvalue weighted by Gasteiger charge is -2.38. The molecule has 22 heavy (non-hydrogen) atoms. The third-order valence-corrected chi connectivity index (χ3v) is 8.39. The summed E-state index contributed by atoms with van der Waals surface area (Å²) in [5.41, 5.74) is 2.24. The summed E-state index contributed by atoms with van der Waals surface area (Å²) >= 11 is 2.15. The van der Waals surface area contributed by atoms with Crippen molar-refractivity contribution in [1.29, 1.82) is 0 Å². The largest absolute Gasteiger partial charge is 0.300 e. The quantitative estimate of drug-likeness (QED) is 0.852. The van der Waals surface area contributed by atoms with Crippen molar-refractivity contribution < 1.29 is 0 Å². The van der Waals surface area contributed by atoms with Gasteiger partial charge in [0.1, 0.15) is 0 Å². The van der Waals surface area contributed by atoms with Crippen LogP contribution in [-0.4, -0.2) is 45.3 Å². The van der Waals surface area contributed by atoms with Crippen LogP contribution in [0.4, 0.5) is 0 Å². The van der Waals surface area contributed by atoms with Gasteiger partial charge in [0.05, 0.1) is 0 Å². The smallest absolute Gasteiger partial charge is 0.0492 e. The maximum atomic E-state index is 4.54. The zero-order valence-corrected chi connectivity index (χ0v) is 14.6. The molecule has 120 valence electrons. The van der Waals surface area contributed by atoms with Crippen LogP contribution in [-0.2, 0) is 0 Å². The fourth-order valence-corrected chi connectivity index (χ4v) is 6.73. The SMILES string of the molecule is CC(C)n1nccc1[C@H]1C2C[C@@H](N3CCC4(CSC4)C3)C[C@@H]21. The molecule has 0 radical (unpaired) electrons. The minimum absolute atomic E-state index is 0.497. The predicted octanol–water partition coefficient (Wildman–Crippen LogP) is 3.39. The van der Waals surface area contributed by atoms with Crippen LogP contribution in [0.1, 0.15) is 50.8 Å². The minimum atomic E-state index is 0.497. The lowest BCUT2D eigenvalue weighted by molar-refractivity contribution is 0.204. The van der Waals surface area contributed by atoms with Crippen LogP contribution in [0.5, 0.6) is 0 Å². The van der Waals surface area contributed by atoms with Crippen molar-refractivity contribution in [2.24, 2.45) is 17.3 Å². The second-order valence-electron chi connectivity index (χ2n) is 8.49. The van der Waals surface area contributed by atoms with Crippen LogP contribution in [0.25, 0.3) is 0 Å². The number of hydrogen-bond donors (Lipinski definition) is 0. The zero-order chi connectivity index (χ0) is 14.9. The Morgan fingerprint density at radius 3 is 2.64 bits per heavy atom. The summed E-state index contributed by atoms with van der Waals surface area (Å²) in [6.45, 7) is 7.27. The molecule has 0 aromatic carbocycles. The van der Waals surface area contributed by atoms with Crippen LogP contribution < -0.4 is 0 Å². The summed E-state index contributed by atoms with van der Waals surface area (Å²) < 4.78 is 2.26. The average Bonchev–Trinajstić information content (AvgIpc) is 2.99. The van der Waals surface area contributed by atoms with E-state index in [4.69, 9.17) is 0 Å². The van der Waals surface area contributed by atoms with Gasteiger partial charge in [-0.25, -0.2) is 0 Å². The molecule has 2 saturated carbocycles. The van der Waals surface area contributed by atoms with Gasteiger partial charge in [0.15, 0.2) is 0 Å². The van der Waals surface area contributed by atoms with E-state index < -0.39 is 0 Å². The molecule has 2 aliphatic carbocycles. The Hall–Kier alpha value is -0.480. The predicted molar refractivity (Wildman–Crippen MR) is 91.3 cm³/mol. The van der Waals surface area contributed by atoms with Gasteiger partial charge in [0.2, 0.25) is 0 Å². The van der Waals surface area contributed by atoms with Crippen LogP contribution in [0, 0.1) is 17.3 Å². The standard InChI is InChI=1S/C18H27N3S/c1-12(2)21-16(3-5-19-21)17-14-7-13(8-15(14)17)20-6-4-18(9-20)10-22-11-18/h3,5,12-15,17H,4,6-11H2,1-2H3/t13-,14-,15?,17+/m0/s1. The molecule has 3 heterocycles. The third-order valence-electron chi connectivity index (χ3n) is 6.75. The van der Waals surface area contributed by atoms with E-state index in [0.29, 0.717) is 6.04 Å². The lowest BCUT2D eigenvalue weighted by Crippen LogP contribution is -2.41. The molecule has 0 amide bonds. The number of nitrogens with zero attached hydrogens (tertiary/aromatic N) is 3. The maximum Gasteiger partial charge on any atom is 0.0492 e. The van der Waals surface area contributed by atoms with E-state index in [9.17, 15) is 0 Å². The Bertz CT molecular complexity index is 565. The van der Waals surface area contributed by atoms with Crippen molar-refractivity contribution in [3.8, 4) is 0 Å². The molecule has 0 N–H and O–H groups in total. The van der Waals surface area contributed by atoms with Gasteiger partial charge in [0.25, 0.3) is 0 Å². The fraction of sp³-hybridized carbons (Fsp3) is 0.833. The van der Waals surface area contributed by atoms with Gasteiger partial charge >= 0.3 is 0 Å². The first-order chi connectivity index (χ1) is 10.7. The van der Waals surface area contributed by atoms with Crippen molar-refractivity contribution in [3.63, 3.8) is 0 Å². The van der Waals surface area contributed by atoms with E-state index in [2.05, 4.69) is 46.4 Å². The summed E-state index contributed by atoms with van der Waals surface area (Å²) in [4.78, 5) is 2.85. The highest BCUT2D eigenvalue weighted by Gasteiger charge is 2.59. The summed E-state index contributed by atoms with van der Waals surface area (Å²) in [6.07, 6.45) is 6.36. The Morgan fingerprint density at radius 2 is 2.05 bits per heavy atom. The molecule has 4 atom stereocenters. The molecule has 3 nitrogen and oxygen atoms in total. The maximum absolute atomic E-state index is 4.54. The van der Waals surface area contributed by atoms with Gasteiger partial charge in [-0.15, -0.1) is 0 Å². The molecule has 0 bridgehead atoms. The van der Waals surface area contributed by atoms with E-state index in [0.717, 1.165) is 29.2 Å². The van der Waals surface area contributed by atoms with E-state index in [-0.39, 0.29) is 0 Å². The summed E-state index contributed by atoms with van der Waals surface area (Å²) in [5.74, 6) is 5.58. The van der Waals surface area contributed by atoms with Crippen LogP contribution in [0.3, 0.4) is 0 Å².